The van der Waals surface area contributed by atoms with Crippen molar-refractivity contribution in [2.75, 3.05) is 18.5 Å². The predicted octanol–water partition coefficient (Wildman–Crippen LogP) is 1.21. The van der Waals surface area contributed by atoms with Crippen LogP contribution < -0.4 is 22.5 Å². The Labute approximate surface area is 106 Å². The summed E-state index contributed by atoms with van der Waals surface area (Å²) in [5, 5.41) is 3.17. The fourth-order valence-corrected chi connectivity index (χ4v) is 2.66. The fourth-order valence-electron chi connectivity index (χ4n) is 2.66. The Morgan fingerprint density at radius 3 is 1.72 bits per heavy atom. The second kappa shape index (κ2) is 3.48. The molecule has 0 atom stereocenters. The highest BCUT2D eigenvalue weighted by Crippen LogP contribution is 2.45. The van der Waals surface area contributed by atoms with Gasteiger partial charge in [-0.1, -0.05) is 12.1 Å². The van der Waals surface area contributed by atoms with Crippen LogP contribution in [-0.2, 0) is 5.66 Å². The smallest absolute Gasteiger partial charge is 0.120 e. The van der Waals surface area contributed by atoms with Crippen molar-refractivity contribution in [3.8, 4) is 11.1 Å². The van der Waals surface area contributed by atoms with E-state index in [0.717, 1.165) is 22.3 Å². The maximum atomic E-state index is 6.50. The number of hydrogen-bond donors (Lipinski definition) is 4. The van der Waals surface area contributed by atoms with Crippen LogP contribution in [-0.4, -0.2) is 7.05 Å². The lowest BCUT2D eigenvalue weighted by Gasteiger charge is -2.26. The molecule has 0 heterocycles. The second-order valence-electron chi connectivity index (χ2n) is 4.67. The Morgan fingerprint density at radius 1 is 0.889 bits per heavy atom. The molecule has 0 saturated carbocycles. The maximum Gasteiger partial charge on any atom is 0.120 e. The van der Waals surface area contributed by atoms with E-state index in [4.69, 9.17) is 17.2 Å². The van der Waals surface area contributed by atoms with Crippen LogP contribution in [0.15, 0.2) is 36.4 Å². The molecule has 18 heavy (non-hydrogen) atoms. The van der Waals surface area contributed by atoms with E-state index >= 15 is 0 Å². The van der Waals surface area contributed by atoms with Crippen LogP contribution in [0.1, 0.15) is 11.1 Å². The Bertz CT molecular complexity index is 582. The van der Waals surface area contributed by atoms with Gasteiger partial charge in [-0.15, -0.1) is 0 Å². The van der Waals surface area contributed by atoms with Crippen molar-refractivity contribution in [2.45, 2.75) is 5.66 Å². The number of anilines is 2. The molecule has 0 saturated heterocycles. The molecule has 4 heteroatoms. The van der Waals surface area contributed by atoms with Gasteiger partial charge in [-0.25, -0.2) is 0 Å². The summed E-state index contributed by atoms with van der Waals surface area (Å²) in [4.78, 5) is 0. The number of nitrogen functional groups attached to an aromatic ring is 2. The van der Waals surface area contributed by atoms with Gasteiger partial charge in [0.1, 0.15) is 5.66 Å². The van der Waals surface area contributed by atoms with E-state index in [1.54, 1.807) is 0 Å². The van der Waals surface area contributed by atoms with Gasteiger partial charge in [0, 0.05) is 22.5 Å². The van der Waals surface area contributed by atoms with Crippen molar-refractivity contribution in [3.63, 3.8) is 0 Å². The Morgan fingerprint density at radius 2 is 1.33 bits per heavy atom. The molecule has 0 unspecified atom stereocenters. The molecular weight excluding hydrogens is 224 g/mol. The van der Waals surface area contributed by atoms with Crippen molar-refractivity contribution < 1.29 is 0 Å². The zero-order chi connectivity index (χ0) is 12.9. The minimum atomic E-state index is -0.727. The fraction of sp³-hybridized carbons (Fsp3) is 0.143. The summed E-state index contributed by atoms with van der Waals surface area (Å²) in [6.07, 6.45) is 0. The molecule has 0 bridgehead atoms. The number of nitrogens with two attached hydrogens (primary N) is 3. The quantitative estimate of drug-likeness (QED) is 0.445. The van der Waals surface area contributed by atoms with Crippen molar-refractivity contribution in [2.24, 2.45) is 5.73 Å². The first-order chi connectivity index (χ1) is 8.56. The van der Waals surface area contributed by atoms with E-state index in [-0.39, 0.29) is 0 Å². The predicted molar refractivity (Wildman–Crippen MR) is 74.7 cm³/mol. The van der Waals surface area contributed by atoms with E-state index < -0.39 is 5.66 Å². The van der Waals surface area contributed by atoms with Crippen molar-refractivity contribution in [1.82, 2.24) is 5.32 Å². The largest absolute Gasteiger partial charge is 0.399 e. The first kappa shape index (κ1) is 11.1. The highest BCUT2D eigenvalue weighted by atomic mass is 15.1. The van der Waals surface area contributed by atoms with Crippen LogP contribution >= 0.6 is 0 Å². The molecular formula is C14H16N4. The number of benzene rings is 2. The molecule has 0 aromatic heterocycles. The Hall–Kier alpha value is -2.04. The molecule has 1 aliphatic carbocycles. The van der Waals surface area contributed by atoms with Gasteiger partial charge in [0.05, 0.1) is 0 Å². The molecule has 0 radical (unpaired) electrons. The average Bonchev–Trinajstić information content (AvgIpc) is 2.60. The molecule has 92 valence electrons. The van der Waals surface area contributed by atoms with E-state index in [2.05, 4.69) is 5.32 Å². The highest BCUT2D eigenvalue weighted by Gasteiger charge is 2.39. The summed E-state index contributed by atoms with van der Waals surface area (Å²) < 4.78 is 0. The van der Waals surface area contributed by atoms with Crippen LogP contribution in [0.25, 0.3) is 11.1 Å². The monoisotopic (exact) mass is 240 g/mol. The van der Waals surface area contributed by atoms with Gasteiger partial charge in [-0.05, 0) is 42.4 Å². The zero-order valence-corrected chi connectivity index (χ0v) is 10.2. The molecule has 2 aromatic carbocycles. The van der Waals surface area contributed by atoms with Crippen LogP contribution in [0, 0.1) is 0 Å². The van der Waals surface area contributed by atoms with Gasteiger partial charge in [0.2, 0.25) is 0 Å². The highest BCUT2D eigenvalue weighted by molar-refractivity contribution is 5.83. The van der Waals surface area contributed by atoms with E-state index in [9.17, 15) is 0 Å². The summed E-state index contributed by atoms with van der Waals surface area (Å²) in [6.45, 7) is 0. The zero-order valence-electron chi connectivity index (χ0n) is 10.2. The first-order valence-corrected chi connectivity index (χ1v) is 5.84. The minimum Gasteiger partial charge on any atom is -0.399 e. The standard InChI is InChI=1S/C14H16N4/c1-18-14(17)12-6-8(15)2-4-10(12)11-5-3-9(16)7-13(11)14/h2-7,18H,15-17H2,1H3. The lowest BCUT2D eigenvalue weighted by molar-refractivity contribution is 0.469. The molecule has 0 spiro atoms. The van der Waals surface area contributed by atoms with Crippen LogP contribution in [0.5, 0.6) is 0 Å². The third-order valence-corrected chi connectivity index (χ3v) is 3.62. The molecule has 0 fully saturated rings. The molecule has 2 aromatic rings. The lowest BCUT2D eigenvalue weighted by atomic mass is 9.97. The number of hydrogen-bond acceptors (Lipinski definition) is 4. The minimum absolute atomic E-state index is 0.708. The number of nitrogens with one attached hydrogen (secondary N) is 1. The second-order valence-corrected chi connectivity index (χ2v) is 4.67. The molecule has 0 amide bonds. The third kappa shape index (κ3) is 1.27. The Balaban J connectivity index is 2.37. The molecule has 1 aliphatic rings. The van der Waals surface area contributed by atoms with Crippen LogP contribution in [0.4, 0.5) is 11.4 Å². The van der Waals surface area contributed by atoms with Gasteiger partial charge in [0.15, 0.2) is 0 Å². The summed E-state index contributed by atoms with van der Waals surface area (Å²) in [5.41, 5.74) is 23.1. The SMILES string of the molecule is CNC1(N)c2cc(N)ccc2-c2ccc(N)cc21. The van der Waals surface area contributed by atoms with E-state index in [1.165, 1.54) is 0 Å². The topological polar surface area (TPSA) is 90.1 Å². The van der Waals surface area contributed by atoms with Crippen molar-refractivity contribution in [3.05, 3.63) is 47.5 Å². The third-order valence-electron chi connectivity index (χ3n) is 3.62. The maximum absolute atomic E-state index is 6.50. The number of rotatable bonds is 1. The van der Waals surface area contributed by atoms with Crippen molar-refractivity contribution in [1.29, 1.82) is 0 Å². The van der Waals surface area contributed by atoms with Gasteiger partial charge < -0.3 is 17.2 Å². The number of fused-ring (bicyclic) bond motifs is 3. The molecule has 7 N–H and O–H groups in total. The lowest BCUT2D eigenvalue weighted by Crippen LogP contribution is -2.48. The molecule has 3 rings (SSSR count). The summed E-state index contributed by atoms with van der Waals surface area (Å²) in [6, 6.07) is 11.6. The van der Waals surface area contributed by atoms with E-state index in [0.29, 0.717) is 11.4 Å². The van der Waals surface area contributed by atoms with E-state index in [1.807, 2.05) is 43.4 Å². The average molecular weight is 240 g/mol. The van der Waals surface area contributed by atoms with Gasteiger partial charge in [-0.2, -0.15) is 0 Å². The van der Waals surface area contributed by atoms with Gasteiger partial charge in [-0.3, -0.25) is 5.32 Å². The normalized spacial score (nSPS) is 15.2. The Kier molecular flexibility index (Phi) is 2.14. The van der Waals surface area contributed by atoms with Gasteiger partial charge >= 0.3 is 0 Å². The van der Waals surface area contributed by atoms with Gasteiger partial charge in [0.25, 0.3) is 0 Å². The summed E-state index contributed by atoms with van der Waals surface area (Å²) in [7, 11) is 1.84. The summed E-state index contributed by atoms with van der Waals surface area (Å²) in [5.74, 6) is 0. The molecule has 0 aliphatic heterocycles. The summed E-state index contributed by atoms with van der Waals surface area (Å²) >= 11 is 0. The van der Waals surface area contributed by atoms with Crippen LogP contribution in [0.2, 0.25) is 0 Å². The van der Waals surface area contributed by atoms with Crippen molar-refractivity contribution >= 4 is 11.4 Å². The van der Waals surface area contributed by atoms with Crippen LogP contribution in [0.3, 0.4) is 0 Å². The first-order valence-electron chi connectivity index (χ1n) is 5.84. The molecule has 4 nitrogen and oxygen atoms in total.